The van der Waals surface area contributed by atoms with Gasteiger partial charge in [-0.15, -0.1) is 0 Å². The number of aromatic nitrogens is 2. The summed E-state index contributed by atoms with van der Waals surface area (Å²) in [5, 5.41) is 0. The second-order valence-corrected chi connectivity index (χ2v) is 11.7. The van der Waals surface area contributed by atoms with Crippen LogP contribution in [0.1, 0.15) is 58.1 Å². The van der Waals surface area contributed by atoms with Crippen molar-refractivity contribution in [2.75, 3.05) is 31.2 Å². The molecule has 3 heterocycles. The van der Waals surface area contributed by atoms with Crippen molar-refractivity contribution in [3.63, 3.8) is 0 Å². The first-order valence-corrected chi connectivity index (χ1v) is 12.1. The van der Waals surface area contributed by atoms with Gasteiger partial charge in [-0.1, -0.05) is 0 Å². The average Bonchev–Trinajstić information content (AvgIpc) is 3.11. The number of aromatic amines is 1. The van der Waals surface area contributed by atoms with Crippen molar-refractivity contribution in [1.82, 2.24) is 14.7 Å². The lowest BCUT2D eigenvalue weighted by Crippen LogP contribution is -2.45. The van der Waals surface area contributed by atoms with Gasteiger partial charge in [0.2, 0.25) is 10.0 Å². The average molecular weight is 421 g/mol. The third-order valence-corrected chi connectivity index (χ3v) is 8.37. The number of hydrogen-bond acceptors (Lipinski definition) is 5. The molecule has 7 nitrogen and oxygen atoms in total. The van der Waals surface area contributed by atoms with Crippen LogP contribution in [0, 0.1) is 0 Å². The Kier molecular flexibility index (Phi) is 5.61. The second-order valence-electron chi connectivity index (χ2n) is 9.21. The summed E-state index contributed by atoms with van der Waals surface area (Å²) in [4.78, 5) is 10.7. The number of nitrogens with one attached hydrogen (secondary N) is 2. The number of H-pyrrole nitrogens is 1. The van der Waals surface area contributed by atoms with E-state index in [2.05, 4.69) is 32.8 Å². The summed E-state index contributed by atoms with van der Waals surface area (Å²) < 4.78 is 32.4. The van der Waals surface area contributed by atoms with E-state index in [4.69, 9.17) is 9.72 Å². The summed E-state index contributed by atoms with van der Waals surface area (Å²) in [5.41, 5.74) is 3.27. The summed E-state index contributed by atoms with van der Waals surface area (Å²) in [5.74, 6) is 1.43. The molecule has 29 heavy (non-hydrogen) atoms. The van der Waals surface area contributed by atoms with Crippen LogP contribution in [0.25, 0.3) is 11.0 Å². The zero-order valence-electron chi connectivity index (χ0n) is 17.6. The largest absolute Gasteiger partial charge is 0.378 e. The highest BCUT2D eigenvalue weighted by Gasteiger charge is 2.33. The predicted molar refractivity (Wildman–Crippen MR) is 116 cm³/mol. The molecular weight excluding hydrogens is 388 g/mol. The van der Waals surface area contributed by atoms with Gasteiger partial charge in [-0.2, -0.15) is 0 Å². The number of hydrogen-bond donors (Lipinski definition) is 2. The predicted octanol–water partition coefficient (Wildman–Crippen LogP) is 3.14. The molecule has 2 aromatic rings. The van der Waals surface area contributed by atoms with Crippen molar-refractivity contribution < 1.29 is 13.2 Å². The molecular formula is C21H32N4O3S. The lowest BCUT2D eigenvalue weighted by molar-refractivity contribution is 0.122. The molecule has 2 N–H and O–H groups in total. The van der Waals surface area contributed by atoms with Gasteiger partial charge in [0.05, 0.1) is 29.0 Å². The van der Waals surface area contributed by atoms with Gasteiger partial charge in [0.15, 0.2) is 0 Å². The van der Waals surface area contributed by atoms with Crippen molar-refractivity contribution in [2.24, 2.45) is 0 Å². The Balaban J connectivity index is 1.42. The molecule has 0 spiro atoms. The topological polar surface area (TPSA) is 87.3 Å². The van der Waals surface area contributed by atoms with Crippen molar-refractivity contribution in [3.05, 3.63) is 23.9 Å². The van der Waals surface area contributed by atoms with E-state index in [1.807, 2.05) is 0 Å². The normalized spacial score (nSPS) is 24.2. The molecule has 0 radical (unpaired) electrons. The van der Waals surface area contributed by atoms with Crippen LogP contribution < -0.4 is 9.62 Å². The maximum Gasteiger partial charge on any atom is 0.216 e. The Hall–Kier alpha value is -1.64. The van der Waals surface area contributed by atoms with E-state index in [-0.39, 0.29) is 6.04 Å². The van der Waals surface area contributed by atoms with Gasteiger partial charge in [0, 0.05) is 24.8 Å². The number of morpholine rings is 1. The fourth-order valence-electron chi connectivity index (χ4n) is 4.13. The molecule has 2 aliphatic rings. The SMILES string of the molecule is CC(C)(C)S(=O)(=O)N[C@H]1CC[C@H](c2cc3nc(N4CCOCC4)ccc3[nH]2)CC1. The maximum atomic E-state index is 12.4. The molecule has 1 saturated carbocycles. The molecule has 160 valence electrons. The molecule has 0 amide bonds. The highest BCUT2D eigenvalue weighted by Crippen LogP contribution is 2.34. The van der Waals surface area contributed by atoms with Crippen LogP contribution >= 0.6 is 0 Å². The van der Waals surface area contributed by atoms with Crippen molar-refractivity contribution in [2.45, 2.75) is 63.2 Å². The number of pyridine rings is 1. The van der Waals surface area contributed by atoms with E-state index in [9.17, 15) is 8.42 Å². The smallest absolute Gasteiger partial charge is 0.216 e. The third-order valence-electron chi connectivity index (χ3n) is 6.11. The Morgan fingerprint density at radius 2 is 1.83 bits per heavy atom. The summed E-state index contributed by atoms with van der Waals surface area (Å²) >= 11 is 0. The number of ether oxygens (including phenoxy) is 1. The van der Waals surface area contributed by atoms with Crippen LogP contribution in [0.5, 0.6) is 0 Å². The Morgan fingerprint density at radius 1 is 1.14 bits per heavy atom. The molecule has 8 heteroatoms. The minimum absolute atomic E-state index is 0.0332. The first-order valence-electron chi connectivity index (χ1n) is 10.6. The van der Waals surface area contributed by atoms with Gasteiger partial charge >= 0.3 is 0 Å². The molecule has 1 aliphatic heterocycles. The van der Waals surface area contributed by atoms with Crippen LogP contribution in [0.15, 0.2) is 18.2 Å². The van der Waals surface area contributed by atoms with Gasteiger partial charge in [-0.05, 0) is 70.6 Å². The summed E-state index contributed by atoms with van der Waals surface area (Å²) in [6.45, 7) is 8.48. The fourth-order valence-corrected chi connectivity index (χ4v) is 5.15. The molecule has 4 rings (SSSR count). The molecule has 0 unspecified atom stereocenters. The number of anilines is 1. The zero-order chi connectivity index (χ0) is 20.6. The van der Waals surface area contributed by atoms with E-state index in [1.54, 1.807) is 20.8 Å². The third kappa shape index (κ3) is 4.44. The van der Waals surface area contributed by atoms with Crippen LogP contribution in [-0.2, 0) is 14.8 Å². The van der Waals surface area contributed by atoms with Crippen LogP contribution in [0.3, 0.4) is 0 Å². The Bertz CT molecular complexity index is 950. The maximum absolute atomic E-state index is 12.4. The second kappa shape index (κ2) is 7.89. The standard InChI is InChI=1S/C21H32N4O3S/c1-21(2,3)29(26,27)24-16-6-4-15(5-7-16)18-14-19-17(22-18)8-9-20(23-19)25-10-12-28-13-11-25/h8-9,14-16,22,24H,4-7,10-13H2,1-3H3/t15-,16-. The van der Waals surface area contributed by atoms with E-state index < -0.39 is 14.8 Å². The lowest BCUT2D eigenvalue weighted by atomic mass is 9.84. The molecule has 1 aliphatic carbocycles. The highest BCUT2D eigenvalue weighted by atomic mass is 32.2. The van der Waals surface area contributed by atoms with Crippen molar-refractivity contribution in [1.29, 1.82) is 0 Å². The number of nitrogens with zero attached hydrogens (tertiary/aromatic N) is 2. The van der Waals surface area contributed by atoms with E-state index >= 15 is 0 Å². The number of sulfonamides is 1. The molecule has 2 aromatic heterocycles. The van der Waals surface area contributed by atoms with Gasteiger partial charge in [-0.25, -0.2) is 18.1 Å². The highest BCUT2D eigenvalue weighted by molar-refractivity contribution is 7.90. The summed E-state index contributed by atoms with van der Waals surface area (Å²) in [6.07, 6.45) is 3.67. The Labute approximate surface area is 173 Å². The van der Waals surface area contributed by atoms with Crippen LogP contribution in [0.4, 0.5) is 5.82 Å². The molecule has 1 saturated heterocycles. The van der Waals surface area contributed by atoms with Crippen molar-refractivity contribution in [3.8, 4) is 0 Å². The van der Waals surface area contributed by atoms with Gasteiger partial charge < -0.3 is 14.6 Å². The van der Waals surface area contributed by atoms with Crippen LogP contribution in [-0.4, -0.2) is 55.5 Å². The van der Waals surface area contributed by atoms with E-state index in [1.165, 1.54) is 5.69 Å². The molecule has 0 bridgehead atoms. The molecule has 2 fully saturated rings. The Morgan fingerprint density at radius 3 is 2.48 bits per heavy atom. The number of rotatable bonds is 4. The first-order chi connectivity index (χ1) is 13.7. The van der Waals surface area contributed by atoms with E-state index in [0.717, 1.165) is 68.8 Å². The van der Waals surface area contributed by atoms with Crippen LogP contribution in [0.2, 0.25) is 0 Å². The van der Waals surface area contributed by atoms with Gasteiger partial charge in [0.1, 0.15) is 5.82 Å². The minimum Gasteiger partial charge on any atom is -0.378 e. The molecule has 0 aromatic carbocycles. The monoisotopic (exact) mass is 420 g/mol. The number of fused-ring (bicyclic) bond motifs is 1. The lowest BCUT2D eigenvalue weighted by Gasteiger charge is -2.31. The zero-order valence-corrected chi connectivity index (χ0v) is 18.4. The quantitative estimate of drug-likeness (QED) is 0.793. The summed E-state index contributed by atoms with van der Waals surface area (Å²) in [7, 11) is -3.30. The van der Waals surface area contributed by atoms with Gasteiger partial charge in [0.25, 0.3) is 0 Å². The molecule has 0 atom stereocenters. The summed E-state index contributed by atoms with van der Waals surface area (Å²) in [6, 6.07) is 6.39. The fraction of sp³-hybridized carbons (Fsp3) is 0.667. The minimum atomic E-state index is -3.30. The first kappa shape index (κ1) is 20.6. The van der Waals surface area contributed by atoms with Gasteiger partial charge in [-0.3, -0.25) is 0 Å². The van der Waals surface area contributed by atoms with E-state index in [0.29, 0.717) is 5.92 Å². The van der Waals surface area contributed by atoms with Crippen molar-refractivity contribution >= 4 is 26.9 Å².